The number of piperidine rings is 2. The molecule has 1 aromatic heterocycles. The van der Waals surface area contributed by atoms with Gasteiger partial charge < -0.3 is 15.1 Å². The van der Waals surface area contributed by atoms with Crippen LogP contribution in [0, 0.1) is 11.8 Å². The molecule has 1 saturated carbocycles. The predicted molar refractivity (Wildman–Crippen MR) is 114 cm³/mol. The normalized spacial score (nSPS) is 25.2. The van der Waals surface area contributed by atoms with Crippen molar-refractivity contribution < 1.29 is 4.79 Å². The van der Waals surface area contributed by atoms with Gasteiger partial charge in [0.25, 0.3) is 5.91 Å². The van der Waals surface area contributed by atoms with Gasteiger partial charge in [-0.2, -0.15) is 0 Å². The van der Waals surface area contributed by atoms with Crippen LogP contribution in [0.15, 0.2) is 18.3 Å². The zero-order chi connectivity index (χ0) is 19.3. The summed E-state index contributed by atoms with van der Waals surface area (Å²) in [7, 11) is 0. The number of carbonyl (C=O) groups excluding carboxylic acids is 1. The lowest BCUT2D eigenvalue weighted by Crippen LogP contribution is -2.41. The van der Waals surface area contributed by atoms with Crippen molar-refractivity contribution in [3.05, 3.63) is 23.9 Å². The number of carbonyl (C=O) groups is 1. The summed E-state index contributed by atoms with van der Waals surface area (Å²) in [4.78, 5) is 21.9. The average molecular weight is 385 g/mol. The molecule has 0 bridgehead atoms. The first-order valence-electron chi connectivity index (χ1n) is 11.4. The molecule has 1 atom stereocenters. The van der Waals surface area contributed by atoms with Gasteiger partial charge in [-0.05, 0) is 62.5 Å². The molecule has 1 aromatic rings. The van der Waals surface area contributed by atoms with E-state index in [-0.39, 0.29) is 5.91 Å². The molecule has 5 nitrogen and oxygen atoms in total. The number of aromatic nitrogens is 1. The second-order valence-corrected chi connectivity index (χ2v) is 9.30. The third-order valence-corrected chi connectivity index (χ3v) is 6.89. The molecule has 0 aromatic carbocycles. The van der Waals surface area contributed by atoms with Gasteiger partial charge in [0.05, 0.1) is 5.56 Å². The zero-order valence-electron chi connectivity index (χ0n) is 17.4. The number of likely N-dealkylation sites (tertiary alicyclic amines) is 2. The van der Waals surface area contributed by atoms with E-state index in [0.717, 1.165) is 31.2 Å². The molecule has 1 amide bonds. The lowest BCUT2D eigenvalue weighted by Gasteiger charge is -2.34. The highest BCUT2D eigenvalue weighted by atomic mass is 16.2. The van der Waals surface area contributed by atoms with Crippen LogP contribution in [0.25, 0.3) is 0 Å². The summed E-state index contributed by atoms with van der Waals surface area (Å²) < 4.78 is 0. The molecule has 2 aliphatic heterocycles. The molecule has 1 aliphatic carbocycles. The van der Waals surface area contributed by atoms with Gasteiger partial charge in [-0.25, -0.2) is 4.98 Å². The molecule has 3 heterocycles. The number of anilines is 1. The summed E-state index contributed by atoms with van der Waals surface area (Å²) >= 11 is 0. The molecule has 154 valence electrons. The number of nitrogens with one attached hydrogen (secondary N) is 1. The monoisotopic (exact) mass is 384 g/mol. The number of nitrogens with zero attached hydrogens (tertiary/aromatic N) is 3. The van der Waals surface area contributed by atoms with E-state index in [0.29, 0.717) is 17.5 Å². The molecule has 1 N–H and O–H groups in total. The molecule has 5 heteroatoms. The average Bonchev–Trinajstić information content (AvgIpc) is 3.23. The van der Waals surface area contributed by atoms with Crippen LogP contribution < -0.4 is 5.32 Å². The third-order valence-electron chi connectivity index (χ3n) is 6.89. The van der Waals surface area contributed by atoms with E-state index in [2.05, 4.69) is 22.1 Å². The minimum atomic E-state index is 0.130. The predicted octanol–water partition coefficient (Wildman–Crippen LogP) is 4.02. The Kier molecular flexibility index (Phi) is 6.50. The zero-order valence-corrected chi connectivity index (χ0v) is 17.4. The van der Waals surface area contributed by atoms with Gasteiger partial charge >= 0.3 is 0 Å². The van der Waals surface area contributed by atoms with Crippen LogP contribution in [-0.2, 0) is 0 Å². The van der Waals surface area contributed by atoms with Gasteiger partial charge in [0.2, 0.25) is 0 Å². The standard InChI is InChI=1S/C23H36N4O/c1-18-5-4-12-27(16-18)23(28)20-8-9-22(24-15-20)25-21-10-13-26(14-11-21)17-19-6-2-3-7-19/h8-9,15,18-19,21H,2-7,10-14,16-17H2,1H3,(H,24,25). The van der Waals surface area contributed by atoms with Crippen LogP contribution in [0.3, 0.4) is 0 Å². The van der Waals surface area contributed by atoms with Crippen molar-refractivity contribution in [3.63, 3.8) is 0 Å². The fourth-order valence-corrected chi connectivity index (χ4v) is 5.19. The van der Waals surface area contributed by atoms with Gasteiger partial charge in [-0.15, -0.1) is 0 Å². The van der Waals surface area contributed by atoms with E-state index in [1.807, 2.05) is 17.0 Å². The first-order chi connectivity index (χ1) is 13.7. The maximum atomic E-state index is 12.7. The molecule has 1 unspecified atom stereocenters. The molecule has 3 aliphatic rings. The van der Waals surface area contributed by atoms with E-state index in [1.54, 1.807) is 6.20 Å². The number of amides is 1. The highest BCUT2D eigenvalue weighted by Crippen LogP contribution is 2.27. The van der Waals surface area contributed by atoms with Crippen molar-refractivity contribution in [2.45, 2.75) is 64.3 Å². The Bertz CT molecular complexity index is 633. The minimum absolute atomic E-state index is 0.130. The van der Waals surface area contributed by atoms with Gasteiger partial charge in [0, 0.05) is 45.0 Å². The van der Waals surface area contributed by atoms with E-state index in [9.17, 15) is 4.79 Å². The van der Waals surface area contributed by atoms with Crippen molar-refractivity contribution >= 4 is 11.7 Å². The Morgan fingerprint density at radius 3 is 2.54 bits per heavy atom. The Morgan fingerprint density at radius 2 is 1.86 bits per heavy atom. The fraction of sp³-hybridized carbons (Fsp3) is 0.739. The molecule has 3 fully saturated rings. The second kappa shape index (κ2) is 9.25. The van der Waals surface area contributed by atoms with Crippen LogP contribution >= 0.6 is 0 Å². The highest BCUT2D eigenvalue weighted by molar-refractivity contribution is 5.94. The maximum absolute atomic E-state index is 12.7. The smallest absolute Gasteiger partial charge is 0.255 e. The van der Waals surface area contributed by atoms with Gasteiger partial charge in [0.1, 0.15) is 5.82 Å². The number of rotatable bonds is 5. The van der Waals surface area contributed by atoms with Crippen LogP contribution in [0.4, 0.5) is 5.82 Å². The lowest BCUT2D eigenvalue weighted by molar-refractivity contribution is 0.0682. The molecular formula is C23H36N4O. The van der Waals surface area contributed by atoms with Crippen molar-refractivity contribution in [3.8, 4) is 0 Å². The van der Waals surface area contributed by atoms with E-state index < -0.39 is 0 Å². The molecule has 0 radical (unpaired) electrons. The summed E-state index contributed by atoms with van der Waals surface area (Å²) in [6.45, 7) is 7.66. The molecule has 2 saturated heterocycles. The van der Waals surface area contributed by atoms with Crippen molar-refractivity contribution in [2.75, 3.05) is 38.0 Å². The van der Waals surface area contributed by atoms with Crippen molar-refractivity contribution in [2.24, 2.45) is 11.8 Å². The van der Waals surface area contributed by atoms with Gasteiger partial charge in [0.15, 0.2) is 0 Å². The number of hydrogen-bond acceptors (Lipinski definition) is 4. The van der Waals surface area contributed by atoms with E-state index in [1.165, 1.54) is 64.6 Å². The summed E-state index contributed by atoms with van der Waals surface area (Å²) in [6, 6.07) is 4.41. The summed E-state index contributed by atoms with van der Waals surface area (Å²) in [6.07, 6.45) is 12.2. The SMILES string of the molecule is CC1CCCN(C(=O)c2ccc(NC3CCN(CC4CCCC4)CC3)nc2)C1. The Balaban J connectivity index is 1.24. The minimum Gasteiger partial charge on any atom is -0.367 e. The third kappa shape index (κ3) is 5.05. The van der Waals surface area contributed by atoms with Crippen molar-refractivity contribution in [1.82, 2.24) is 14.8 Å². The quantitative estimate of drug-likeness (QED) is 0.833. The Hall–Kier alpha value is -1.62. The van der Waals surface area contributed by atoms with E-state index in [4.69, 9.17) is 0 Å². The van der Waals surface area contributed by atoms with Gasteiger partial charge in [-0.3, -0.25) is 4.79 Å². The van der Waals surface area contributed by atoms with Crippen molar-refractivity contribution in [1.29, 1.82) is 0 Å². The first-order valence-corrected chi connectivity index (χ1v) is 11.4. The van der Waals surface area contributed by atoms with Gasteiger partial charge in [-0.1, -0.05) is 19.8 Å². The van der Waals surface area contributed by atoms with Crippen LogP contribution in [0.1, 0.15) is 68.6 Å². The molecule has 0 spiro atoms. The van der Waals surface area contributed by atoms with Crippen LogP contribution in [-0.4, -0.2) is 59.5 Å². The van der Waals surface area contributed by atoms with Crippen LogP contribution in [0.5, 0.6) is 0 Å². The second-order valence-electron chi connectivity index (χ2n) is 9.30. The largest absolute Gasteiger partial charge is 0.367 e. The van der Waals surface area contributed by atoms with Crippen LogP contribution in [0.2, 0.25) is 0 Å². The number of pyridine rings is 1. The molecule has 28 heavy (non-hydrogen) atoms. The van der Waals surface area contributed by atoms with E-state index >= 15 is 0 Å². The Morgan fingerprint density at radius 1 is 1.07 bits per heavy atom. The molecular weight excluding hydrogens is 348 g/mol. The highest BCUT2D eigenvalue weighted by Gasteiger charge is 2.24. The summed E-state index contributed by atoms with van der Waals surface area (Å²) in [5, 5.41) is 3.59. The first kappa shape index (κ1) is 19.7. The Labute approximate surface area is 169 Å². The molecule has 4 rings (SSSR count). The topological polar surface area (TPSA) is 48.5 Å². The fourth-order valence-electron chi connectivity index (χ4n) is 5.19. The summed E-state index contributed by atoms with van der Waals surface area (Å²) in [5.74, 6) is 2.58. The number of hydrogen-bond donors (Lipinski definition) is 1. The summed E-state index contributed by atoms with van der Waals surface area (Å²) in [5.41, 5.74) is 0.714. The maximum Gasteiger partial charge on any atom is 0.255 e. The lowest BCUT2D eigenvalue weighted by atomic mass is 10.00.